The first kappa shape index (κ1) is 15.8. The molecule has 106 valence electrons. The van der Waals surface area contributed by atoms with E-state index in [1.807, 2.05) is 18.2 Å². The molecule has 0 saturated carbocycles. The first-order chi connectivity index (χ1) is 9.51. The molecule has 2 rings (SSSR count). The lowest BCUT2D eigenvalue weighted by Gasteiger charge is -2.13. The number of hydrogen-bond acceptors (Lipinski definition) is 4. The van der Waals surface area contributed by atoms with Crippen molar-refractivity contribution >= 4 is 66.5 Å². The van der Waals surface area contributed by atoms with Crippen LogP contribution in [0.4, 0.5) is 5.69 Å². The van der Waals surface area contributed by atoms with Crippen LogP contribution in [0, 0.1) is 0 Å². The molecule has 1 N–H and O–H groups in total. The standard InChI is InChI=1S/C13H10Br2ClNO2S/c1-19-13(18)9-4-7(14)5-10(15)12(9)17-6-8-2-3-11(16)20-8/h2-5,17H,6H2,1H3. The highest BCUT2D eigenvalue weighted by atomic mass is 79.9. The van der Waals surface area contributed by atoms with Gasteiger partial charge in [-0.15, -0.1) is 11.3 Å². The topological polar surface area (TPSA) is 38.3 Å². The second kappa shape index (κ2) is 6.93. The summed E-state index contributed by atoms with van der Waals surface area (Å²) in [5.41, 5.74) is 1.17. The van der Waals surface area contributed by atoms with Crippen LogP contribution in [0.5, 0.6) is 0 Å². The summed E-state index contributed by atoms with van der Waals surface area (Å²) >= 11 is 14.2. The lowest BCUT2D eigenvalue weighted by Crippen LogP contribution is -2.08. The fourth-order valence-corrected chi connectivity index (χ4v) is 4.04. The van der Waals surface area contributed by atoms with Crippen LogP contribution in [0.2, 0.25) is 4.34 Å². The molecule has 0 atom stereocenters. The Labute approximate surface area is 142 Å². The van der Waals surface area contributed by atoms with Crippen LogP contribution in [-0.2, 0) is 11.3 Å². The fourth-order valence-electron chi connectivity index (χ4n) is 1.65. The van der Waals surface area contributed by atoms with E-state index in [9.17, 15) is 4.79 Å². The van der Waals surface area contributed by atoms with Crippen molar-refractivity contribution in [2.75, 3.05) is 12.4 Å². The zero-order valence-corrected chi connectivity index (χ0v) is 15.1. The van der Waals surface area contributed by atoms with E-state index >= 15 is 0 Å². The summed E-state index contributed by atoms with van der Waals surface area (Å²) in [6.07, 6.45) is 0. The number of hydrogen-bond donors (Lipinski definition) is 1. The van der Waals surface area contributed by atoms with E-state index in [-0.39, 0.29) is 0 Å². The van der Waals surface area contributed by atoms with E-state index in [2.05, 4.69) is 37.2 Å². The Bertz CT molecular complexity index is 645. The minimum Gasteiger partial charge on any atom is -0.465 e. The third-order valence-corrected chi connectivity index (χ3v) is 4.84. The number of ether oxygens (including phenoxy) is 1. The molecule has 20 heavy (non-hydrogen) atoms. The zero-order valence-electron chi connectivity index (χ0n) is 10.4. The van der Waals surface area contributed by atoms with Crippen molar-refractivity contribution in [3.8, 4) is 0 Å². The Balaban J connectivity index is 2.27. The number of benzene rings is 1. The fraction of sp³-hybridized carbons (Fsp3) is 0.154. The van der Waals surface area contributed by atoms with Crippen molar-refractivity contribution in [3.63, 3.8) is 0 Å². The quantitative estimate of drug-likeness (QED) is 0.655. The molecule has 3 nitrogen and oxygen atoms in total. The molecular weight excluding hydrogens is 429 g/mol. The first-order valence-electron chi connectivity index (χ1n) is 5.56. The van der Waals surface area contributed by atoms with Crippen molar-refractivity contribution in [2.24, 2.45) is 0 Å². The van der Waals surface area contributed by atoms with Gasteiger partial charge in [0.25, 0.3) is 0 Å². The minimum absolute atomic E-state index is 0.390. The third kappa shape index (κ3) is 3.75. The molecular formula is C13H10Br2ClNO2S. The molecule has 0 amide bonds. The summed E-state index contributed by atoms with van der Waals surface area (Å²) in [6, 6.07) is 7.39. The molecule has 0 aliphatic carbocycles. The number of methoxy groups -OCH3 is 1. The van der Waals surface area contributed by atoms with Crippen LogP contribution in [0.15, 0.2) is 33.2 Å². The third-order valence-electron chi connectivity index (χ3n) is 2.53. The predicted molar refractivity (Wildman–Crippen MR) is 89.8 cm³/mol. The van der Waals surface area contributed by atoms with Crippen LogP contribution in [0.25, 0.3) is 0 Å². The van der Waals surface area contributed by atoms with Gasteiger partial charge in [-0.25, -0.2) is 4.79 Å². The number of carbonyl (C=O) groups excluding carboxylic acids is 1. The van der Waals surface area contributed by atoms with Gasteiger partial charge in [-0.2, -0.15) is 0 Å². The average molecular weight is 440 g/mol. The second-order valence-electron chi connectivity index (χ2n) is 3.86. The average Bonchev–Trinajstić information content (AvgIpc) is 2.81. The molecule has 0 aliphatic rings. The van der Waals surface area contributed by atoms with Crippen molar-refractivity contribution in [1.82, 2.24) is 0 Å². The number of carbonyl (C=O) groups is 1. The minimum atomic E-state index is -0.390. The predicted octanol–water partition coefficient (Wildman–Crippen LogP) is 5.33. The van der Waals surface area contributed by atoms with Crippen LogP contribution in [0.3, 0.4) is 0 Å². The highest BCUT2D eigenvalue weighted by Gasteiger charge is 2.16. The van der Waals surface area contributed by atoms with E-state index in [0.29, 0.717) is 17.8 Å². The molecule has 0 bridgehead atoms. The van der Waals surface area contributed by atoms with Gasteiger partial charge in [0.05, 0.1) is 22.7 Å². The Morgan fingerprint density at radius 3 is 2.75 bits per heavy atom. The number of nitrogens with one attached hydrogen (secondary N) is 1. The molecule has 0 saturated heterocycles. The van der Waals surface area contributed by atoms with E-state index in [4.69, 9.17) is 16.3 Å². The maximum atomic E-state index is 11.8. The number of esters is 1. The molecule has 0 unspecified atom stereocenters. The van der Waals surface area contributed by atoms with Gasteiger partial charge >= 0.3 is 5.97 Å². The first-order valence-corrected chi connectivity index (χ1v) is 8.34. The summed E-state index contributed by atoms with van der Waals surface area (Å²) in [5.74, 6) is -0.390. The van der Waals surface area contributed by atoms with Gasteiger partial charge in [-0.1, -0.05) is 27.5 Å². The Kier molecular flexibility index (Phi) is 5.49. The monoisotopic (exact) mass is 437 g/mol. The van der Waals surface area contributed by atoms with Crippen molar-refractivity contribution < 1.29 is 9.53 Å². The summed E-state index contributed by atoms with van der Waals surface area (Å²) < 4.78 is 7.13. The summed E-state index contributed by atoms with van der Waals surface area (Å²) in [5, 5.41) is 3.24. The van der Waals surface area contributed by atoms with Crippen LogP contribution in [0.1, 0.15) is 15.2 Å². The second-order valence-corrected chi connectivity index (χ2v) is 7.43. The summed E-state index contributed by atoms with van der Waals surface area (Å²) in [7, 11) is 1.36. The number of halogens is 3. The molecule has 0 aliphatic heterocycles. The van der Waals surface area contributed by atoms with E-state index in [1.54, 1.807) is 6.07 Å². The number of thiophene rings is 1. The van der Waals surface area contributed by atoms with Gasteiger partial charge in [-0.05, 0) is 40.2 Å². The van der Waals surface area contributed by atoms with E-state index in [1.165, 1.54) is 18.4 Å². The van der Waals surface area contributed by atoms with Gasteiger partial charge in [0.15, 0.2) is 0 Å². The summed E-state index contributed by atoms with van der Waals surface area (Å²) in [6.45, 7) is 0.585. The molecule has 0 fully saturated rings. The number of anilines is 1. The SMILES string of the molecule is COC(=O)c1cc(Br)cc(Br)c1NCc1ccc(Cl)s1. The van der Waals surface area contributed by atoms with E-state index in [0.717, 1.165) is 18.2 Å². The molecule has 0 spiro atoms. The number of rotatable bonds is 4. The molecule has 1 aromatic carbocycles. The maximum absolute atomic E-state index is 11.8. The Morgan fingerprint density at radius 2 is 2.15 bits per heavy atom. The molecule has 0 radical (unpaired) electrons. The highest BCUT2D eigenvalue weighted by molar-refractivity contribution is 9.11. The summed E-state index contributed by atoms with van der Waals surface area (Å²) in [4.78, 5) is 12.9. The molecule has 7 heteroatoms. The van der Waals surface area contributed by atoms with Gasteiger partial charge < -0.3 is 10.1 Å². The molecule has 2 aromatic rings. The Morgan fingerprint density at radius 1 is 1.40 bits per heavy atom. The normalized spacial score (nSPS) is 10.4. The van der Waals surface area contributed by atoms with Crippen LogP contribution >= 0.6 is 54.8 Å². The van der Waals surface area contributed by atoms with Gasteiger partial charge in [0.1, 0.15) is 0 Å². The van der Waals surface area contributed by atoms with Crippen molar-refractivity contribution in [3.05, 3.63) is 48.0 Å². The van der Waals surface area contributed by atoms with Crippen molar-refractivity contribution in [2.45, 2.75) is 6.54 Å². The van der Waals surface area contributed by atoms with Crippen LogP contribution in [-0.4, -0.2) is 13.1 Å². The smallest absolute Gasteiger partial charge is 0.340 e. The lowest BCUT2D eigenvalue weighted by atomic mass is 10.2. The molecule has 1 aromatic heterocycles. The highest BCUT2D eigenvalue weighted by Crippen LogP contribution is 2.32. The molecule has 1 heterocycles. The van der Waals surface area contributed by atoms with E-state index < -0.39 is 5.97 Å². The van der Waals surface area contributed by atoms with Gasteiger partial charge in [-0.3, -0.25) is 0 Å². The van der Waals surface area contributed by atoms with Gasteiger partial charge in [0.2, 0.25) is 0 Å². The zero-order chi connectivity index (χ0) is 14.7. The van der Waals surface area contributed by atoms with Crippen molar-refractivity contribution in [1.29, 1.82) is 0 Å². The lowest BCUT2D eigenvalue weighted by molar-refractivity contribution is 0.0601. The largest absolute Gasteiger partial charge is 0.465 e. The van der Waals surface area contributed by atoms with Gasteiger partial charge in [0, 0.05) is 20.4 Å². The van der Waals surface area contributed by atoms with Crippen LogP contribution < -0.4 is 5.32 Å². The maximum Gasteiger partial charge on any atom is 0.340 e. The Hall–Kier alpha value is -0.560.